The van der Waals surface area contributed by atoms with Crippen LogP contribution in [-0.4, -0.2) is 52.5 Å². The molecule has 1 heterocycles. The van der Waals surface area contributed by atoms with Gasteiger partial charge in [0, 0.05) is 6.92 Å². The summed E-state index contributed by atoms with van der Waals surface area (Å²) < 4.78 is 34.9. The predicted molar refractivity (Wildman–Crippen MR) is 61.0 cm³/mol. The topological polar surface area (TPSA) is 118 Å². The quantitative estimate of drug-likeness (QED) is 0.301. The molecule has 0 radical (unpaired) electrons. The number of hydrogen-bond acceptors (Lipinski definition) is 7. The van der Waals surface area contributed by atoms with Gasteiger partial charge in [-0.25, -0.2) is 0 Å². The number of nitrogens with zero attached hydrogens (tertiary/aromatic N) is 1. The zero-order chi connectivity index (χ0) is 14.1. The van der Waals surface area contributed by atoms with Crippen molar-refractivity contribution in [2.75, 3.05) is 6.54 Å². The number of rotatable bonds is 3. The molecule has 1 saturated heterocycles. The number of imide groups is 1. The lowest BCUT2D eigenvalue weighted by molar-refractivity contribution is -0.139. The van der Waals surface area contributed by atoms with E-state index in [1.807, 2.05) is 0 Å². The minimum absolute atomic E-state index is 0.333. The van der Waals surface area contributed by atoms with Crippen LogP contribution in [0.3, 0.4) is 0 Å². The van der Waals surface area contributed by atoms with Crippen LogP contribution in [-0.2, 0) is 29.2 Å². The molecule has 2 amide bonds. The van der Waals surface area contributed by atoms with Crippen molar-refractivity contribution in [3.63, 3.8) is 0 Å². The van der Waals surface area contributed by atoms with Gasteiger partial charge in [0.25, 0.3) is 16.0 Å². The lowest BCUT2D eigenvalue weighted by Crippen LogP contribution is -2.38. The average molecular weight is 295 g/mol. The molecule has 0 aromatic heterocycles. The summed E-state index contributed by atoms with van der Waals surface area (Å²) in [7, 11) is -4.64. The molecular weight excluding hydrogens is 286 g/mol. The van der Waals surface area contributed by atoms with Crippen LogP contribution in [0, 0.1) is 0 Å². The molecule has 0 aromatic carbocycles. The summed E-state index contributed by atoms with van der Waals surface area (Å²) >= 11 is 4.60. The molecule has 1 atom stereocenters. The van der Waals surface area contributed by atoms with Gasteiger partial charge < -0.3 is 4.74 Å². The molecule has 8 nitrogen and oxygen atoms in total. The van der Waals surface area contributed by atoms with Crippen LogP contribution < -0.4 is 0 Å². The van der Waals surface area contributed by atoms with Crippen molar-refractivity contribution >= 4 is 45.2 Å². The number of hydrogen-bond donors (Lipinski definition) is 1. The lowest BCUT2D eigenvalue weighted by atomic mass is 10.4. The molecule has 18 heavy (non-hydrogen) atoms. The predicted octanol–water partition coefficient (Wildman–Crippen LogP) is -1.11. The third-order valence-electron chi connectivity index (χ3n) is 2.11. The van der Waals surface area contributed by atoms with E-state index in [1.54, 1.807) is 0 Å². The molecule has 1 fully saturated rings. The number of thiocarbonyl (C=S) groups is 1. The van der Waals surface area contributed by atoms with E-state index in [0.29, 0.717) is 4.90 Å². The Morgan fingerprint density at radius 2 is 2.11 bits per heavy atom. The van der Waals surface area contributed by atoms with Gasteiger partial charge >= 0.3 is 5.97 Å². The summed E-state index contributed by atoms with van der Waals surface area (Å²) in [6.07, 6.45) is -0.652. The van der Waals surface area contributed by atoms with E-state index in [2.05, 4.69) is 17.0 Å². The fraction of sp³-hybridized carbons (Fsp3) is 0.500. The Morgan fingerprint density at radius 3 is 2.50 bits per heavy atom. The second-order valence-electron chi connectivity index (χ2n) is 3.49. The second kappa shape index (κ2) is 5.08. The summed E-state index contributed by atoms with van der Waals surface area (Å²) in [5.74, 6) is -2.61. The molecule has 1 aliphatic heterocycles. The van der Waals surface area contributed by atoms with Crippen LogP contribution >= 0.6 is 12.2 Å². The van der Waals surface area contributed by atoms with Gasteiger partial charge in [0.15, 0.2) is 10.3 Å². The molecule has 0 aromatic rings. The average Bonchev–Trinajstić information content (AvgIpc) is 2.43. The summed E-state index contributed by atoms with van der Waals surface area (Å²) in [5, 5.41) is -2.15. The summed E-state index contributed by atoms with van der Waals surface area (Å²) in [4.78, 5) is 34.1. The van der Waals surface area contributed by atoms with Crippen molar-refractivity contribution in [2.24, 2.45) is 0 Å². The minimum atomic E-state index is -4.64. The summed E-state index contributed by atoms with van der Waals surface area (Å²) in [6.45, 7) is 0.583. The van der Waals surface area contributed by atoms with E-state index >= 15 is 0 Å². The third-order valence-corrected chi connectivity index (χ3v) is 3.41. The molecule has 0 spiro atoms. The van der Waals surface area contributed by atoms with E-state index < -0.39 is 46.1 Å². The van der Waals surface area contributed by atoms with E-state index in [1.165, 1.54) is 0 Å². The Morgan fingerprint density at radius 1 is 1.56 bits per heavy atom. The number of ether oxygens (including phenoxy) is 1. The van der Waals surface area contributed by atoms with Gasteiger partial charge in [-0.2, -0.15) is 8.42 Å². The zero-order valence-corrected chi connectivity index (χ0v) is 10.8. The number of carbonyl (C=O) groups is 3. The molecule has 0 aliphatic carbocycles. The summed E-state index contributed by atoms with van der Waals surface area (Å²) in [5.41, 5.74) is 0. The van der Waals surface area contributed by atoms with Gasteiger partial charge in [0.2, 0.25) is 5.91 Å². The highest BCUT2D eigenvalue weighted by molar-refractivity contribution is 7.87. The minimum Gasteiger partial charge on any atom is -0.417 e. The molecule has 0 saturated carbocycles. The van der Waals surface area contributed by atoms with Crippen LogP contribution in [0.25, 0.3) is 0 Å². The largest absolute Gasteiger partial charge is 0.417 e. The molecule has 0 bridgehead atoms. The number of likely N-dealkylation sites (tertiary alicyclic amines) is 1. The van der Waals surface area contributed by atoms with E-state index in [9.17, 15) is 22.8 Å². The van der Waals surface area contributed by atoms with Crippen LogP contribution in [0.5, 0.6) is 0 Å². The molecule has 1 N–H and O–H groups in total. The molecule has 1 rings (SSSR count). The SMILES string of the molecule is CC(=O)OC(=S)CN1C(=O)CC(S(=O)(=O)O)C1=O. The monoisotopic (exact) mass is 295 g/mol. The Hall–Kier alpha value is -1.39. The molecule has 1 aliphatic rings. The molecule has 1 unspecified atom stereocenters. The maximum Gasteiger partial charge on any atom is 0.308 e. The van der Waals surface area contributed by atoms with Gasteiger partial charge in [0.1, 0.15) is 0 Å². The van der Waals surface area contributed by atoms with Crippen molar-refractivity contribution in [2.45, 2.75) is 18.6 Å². The van der Waals surface area contributed by atoms with E-state index in [-0.39, 0.29) is 5.05 Å². The van der Waals surface area contributed by atoms with Crippen molar-refractivity contribution in [3.05, 3.63) is 0 Å². The van der Waals surface area contributed by atoms with E-state index in [0.717, 1.165) is 6.92 Å². The van der Waals surface area contributed by atoms with Gasteiger partial charge in [-0.15, -0.1) is 0 Å². The Labute approximate surface area is 108 Å². The van der Waals surface area contributed by atoms with Crippen LogP contribution in [0.2, 0.25) is 0 Å². The standard InChI is InChI=1S/C8H9NO7S2/c1-4(10)16-7(17)3-9-6(11)2-5(8(9)12)18(13,14)15/h5H,2-3H2,1H3,(H,13,14,15). The Kier molecular flexibility index (Phi) is 4.14. The first-order valence-corrected chi connectivity index (χ1v) is 6.56. The highest BCUT2D eigenvalue weighted by Gasteiger charge is 2.46. The maximum absolute atomic E-state index is 11.5. The fourth-order valence-electron chi connectivity index (χ4n) is 1.37. The highest BCUT2D eigenvalue weighted by atomic mass is 32.2. The third kappa shape index (κ3) is 3.31. The van der Waals surface area contributed by atoms with Crippen molar-refractivity contribution in [1.82, 2.24) is 4.90 Å². The Balaban J connectivity index is 2.80. The van der Waals surface area contributed by atoms with Gasteiger partial charge in [0.05, 0.1) is 13.0 Å². The Bertz CT molecular complexity index is 524. The second-order valence-corrected chi connectivity index (χ2v) is 5.55. The zero-order valence-electron chi connectivity index (χ0n) is 9.15. The normalized spacial score (nSPS) is 20.1. The first-order valence-electron chi connectivity index (χ1n) is 4.64. The van der Waals surface area contributed by atoms with Crippen molar-refractivity contribution in [3.8, 4) is 0 Å². The number of esters is 1. The first kappa shape index (κ1) is 14.7. The first-order chi connectivity index (χ1) is 8.12. The van der Waals surface area contributed by atoms with Gasteiger partial charge in [-0.3, -0.25) is 23.8 Å². The van der Waals surface area contributed by atoms with Crippen LogP contribution in [0.15, 0.2) is 0 Å². The van der Waals surface area contributed by atoms with E-state index in [4.69, 9.17) is 4.55 Å². The fourth-order valence-corrected chi connectivity index (χ4v) is 2.36. The smallest absolute Gasteiger partial charge is 0.308 e. The van der Waals surface area contributed by atoms with Crippen LogP contribution in [0.1, 0.15) is 13.3 Å². The van der Waals surface area contributed by atoms with Gasteiger partial charge in [-0.05, 0) is 12.2 Å². The molecular formula is C8H9NO7S2. The number of amides is 2. The van der Waals surface area contributed by atoms with Gasteiger partial charge in [-0.1, -0.05) is 0 Å². The van der Waals surface area contributed by atoms with Crippen molar-refractivity contribution < 1.29 is 32.1 Å². The lowest BCUT2D eigenvalue weighted by Gasteiger charge is -2.14. The summed E-state index contributed by atoms with van der Waals surface area (Å²) in [6, 6.07) is 0. The number of carbonyl (C=O) groups excluding carboxylic acids is 3. The molecule has 10 heteroatoms. The maximum atomic E-state index is 11.5. The highest BCUT2D eigenvalue weighted by Crippen LogP contribution is 2.19. The van der Waals surface area contributed by atoms with Crippen LogP contribution in [0.4, 0.5) is 0 Å². The molecule has 100 valence electrons. The van der Waals surface area contributed by atoms with Crippen molar-refractivity contribution in [1.29, 1.82) is 0 Å².